The van der Waals surface area contributed by atoms with Gasteiger partial charge in [0.2, 0.25) is 0 Å². The molecule has 0 radical (unpaired) electrons. The van der Waals surface area contributed by atoms with Crippen molar-refractivity contribution in [2.75, 3.05) is 12.0 Å². The second-order valence-electron chi connectivity index (χ2n) is 5.79. The predicted octanol–water partition coefficient (Wildman–Crippen LogP) is 3.60. The molecule has 1 aromatic carbocycles. The fourth-order valence-corrected chi connectivity index (χ4v) is 3.63. The minimum atomic E-state index is -0.0581. The number of anilines is 1. The molecule has 126 valence electrons. The molecule has 6 heteroatoms. The van der Waals surface area contributed by atoms with Gasteiger partial charge >= 0.3 is 0 Å². The Labute approximate surface area is 151 Å². The first-order valence-electron chi connectivity index (χ1n) is 8.06. The molecule has 1 aliphatic heterocycles. The quantitative estimate of drug-likeness (QED) is 0.704. The maximum atomic E-state index is 5.68. The summed E-state index contributed by atoms with van der Waals surface area (Å²) < 4.78 is 5.56. The number of hydrogen-bond acceptors (Lipinski definition) is 3. The van der Waals surface area contributed by atoms with Crippen LogP contribution in [-0.2, 0) is 0 Å². The third kappa shape index (κ3) is 2.74. The molecule has 0 spiro atoms. The summed E-state index contributed by atoms with van der Waals surface area (Å²) in [6, 6.07) is 17.8. The van der Waals surface area contributed by atoms with E-state index in [0.29, 0.717) is 5.11 Å². The van der Waals surface area contributed by atoms with Crippen LogP contribution in [0.4, 0.5) is 5.69 Å². The van der Waals surface area contributed by atoms with Crippen LogP contribution in [0.5, 0.6) is 5.75 Å². The van der Waals surface area contributed by atoms with Crippen molar-refractivity contribution < 1.29 is 4.74 Å². The lowest BCUT2D eigenvalue weighted by Gasteiger charge is -2.28. The second kappa shape index (κ2) is 6.57. The summed E-state index contributed by atoms with van der Waals surface area (Å²) >= 11 is 5.68. The van der Waals surface area contributed by atoms with E-state index in [1.54, 1.807) is 13.3 Å². The summed E-state index contributed by atoms with van der Waals surface area (Å²) in [6.45, 7) is 0. The molecule has 1 saturated heterocycles. The van der Waals surface area contributed by atoms with Gasteiger partial charge in [0.25, 0.3) is 0 Å². The molecule has 2 N–H and O–H groups in total. The van der Waals surface area contributed by atoms with Crippen molar-refractivity contribution in [3.63, 3.8) is 0 Å². The minimum absolute atomic E-state index is 0.0475. The highest BCUT2D eigenvalue weighted by Gasteiger charge is 2.42. The fraction of sp³-hybridized carbons (Fsp3) is 0.158. The van der Waals surface area contributed by atoms with Crippen LogP contribution in [0.15, 0.2) is 67.0 Å². The van der Waals surface area contributed by atoms with Crippen molar-refractivity contribution in [3.8, 4) is 5.75 Å². The van der Waals surface area contributed by atoms with Crippen molar-refractivity contribution in [1.82, 2.24) is 15.3 Å². The molecule has 2 atom stereocenters. The van der Waals surface area contributed by atoms with Gasteiger partial charge in [-0.3, -0.25) is 4.98 Å². The first-order valence-corrected chi connectivity index (χ1v) is 8.47. The third-order valence-electron chi connectivity index (χ3n) is 4.38. The van der Waals surface area contributed by atoms with Gasteiger partial charge in [-0.25, -0.2) is 0 Å². The lowest BCUT2D eigenvalue weighted by Crippen LogP contribution is -2.29. The smallest absolute Gasteiger partial charge is 0.174 e. The van der Waals surface area contributed by atoms with E-state index in [-0.39, 0.29) is 12.1 Å². The molecule has 0 aliphatic carbocycles. The molecule has 0 bridgehead atoms. The van der Waals surface area contributed by atoms with Gasteiger partial charge in [-0.2, -0.15) is 0 Å². The van der Waals surface area contributed by atoms with Crippen molar-refractivity contribution in [2.24, 2.45) is 0 Å². The number of para-hydroxylation sites is 2. The Morgan fingerprint density at radius 1 is 1.08 bits per heavy atom. The van der Waals surface area contributed by atoms with E-state index in [0.717, 1.165) is 22.8 Å². The molecular weight excluding hydrogens is 332 g/mol. The van der Waals surface area contributed by atoms with Gasteiger partial charge in [0, 0.05) is 18.1 Å². The Balaban J connectivity index is 1.84. The third-order valence-corrected chi connectivity index (χ3v) is 4.70. The molecule has 5 nitrogen and oxygen atoms in total. The number of hydrogen-bond donors (Lipinski definition) is 2. The number of aromatic nitrogens is 2. The highest BCUT2D eigenvalue weighted by Crippen LogP contribution is 2.43. The molecule has 0 unspecified atom stereocenters. The Morgan fingerprint density at radius 2 is 1.92 bits per heavy atom. The van der Waals surface area contributed by atoms with E-state index in [1.807, 2.05) is 54.7 Å². The number of methoxy groups -OCH3 is 1. The predicted molar refractivity (Wildman–Crippen MR) is 102 cm³/mol. The molecule has 1 fully saturated rings. The zero-order valence-corrected chi connectivity index (χ0v) is 14.5. The van der Waals surface area contributed by atoms with Crippen LogP contribution in [0.3, 0.4) is 0 Å². The lowest BCUT2D eigenvalue weighted by molar-refractivity contribution is 0.414. The summed E-state index contributed by atoms with van der Waals surface area (Å²) in [7, 11) is 1.67. The van der Waals surface area contributed by atoms with Gasteiger partial charge < -0.3 is 19.9 Å². The lowest BCUT2D eigenvalue weighted by atomic mass is 10.0. The molecule has 4 rings (SSSR count). The van der Waals surface area contributed by atoms with E-state index in [2.05, 4.69) is 26.3 Å². The summed E-state index contributed by atoms with van der Waals surface area (Å²) in [5.41, 5.74) is 2.94. The molecule has 1 aliphatic rings. The number of pyridine rings is 1. The standard InChI is InChI=1S/C19H18N4OS/c1-24-16-10-3-2-9-15(16)23-18(14-8-6-12-21-14)17(22-19(23)25)13-7-4-5-11-20-13/h2-12,17-18,21H,1H3,(H,22,25)/t17-,18+/m0/s1. The normalized spacial score (nSPS) is 19.7. The zero-order chi connectivity index (χ0) is 17.2. The molecule has 0 amide bonds. The first-order chi connectivity index (χ1) is 12.3. The number of H-pyrrole nitrogens is 1. The van der Waals surface area contributed by atoms with Gasteiger partial charge in [-0.15, -0.1) is 0 Å². The van der Waals surface area contributed by atoms with E-state index >= 15 is 0 Å². The molecular formula is C19H18N4OS. The molecule has 0 saturated carbocycles. The minimum Gasteiger partial charge on any atom is -0.495 e. The SMILES string of the molecule is COc1ccccc1N1C(=S)N[C@@H](c2ccccn2)[C@H]1c1ccc[nH]1. The number of rotatable bonds is 4. The Bertz CT molecular complexity index is 866. The highest BCUT2D eigenvalue weighted by molar-refractivity contribution is 7.80. The number of benzene rings is 1. The molecule has 3 heterocycles. The number of aromatic amines is 1. The summed E-state index contributed by atoms with van der Waals surface area (Å²) in [5, 5.41) is 4.08. The van der Waals surface area contributed by atoms with Gasteiger partial charge in [0.05, 0.1) is 24.5 Å². The Kier molecular flexibility index (Phi) is 4.11. The van der Waals surface area contributed by atoms with Gasteiger partial charge in [0.1, 0.15) is 11.8 Å². The number of nitrogens with zero attached hydrogens (tertiary/aromatic N) is 2. The van der Waals surface area contributed by atoms with Crippen molar-refractivity contribution >= 4 is 23.0 Å². The van der Waals surface area contributed by atoms with Crippen molar-refractivity contribution in [2.45, 2.75) is 12.1 Å². The van der Waals surface area contributed by atoms with Crippen LogP contribution in [-0.4, -0.2) is 22.2 Å². The zero-order valence-electron chi connectivity index (χ0n) is 13.7. The summed E-state index contributed by atoms with van der Waals surface area (Å²) in [5.74, 6) is 0.782. The van der Waals surface area contributed by atoms with Crippen LogP contribution in [0.25, 0.3) is 0 Å². The summed E-state index contributed by atoms with van der Waals surface area (Å²) in [6.07, 6.45) is 3.73. The van der Waals surface area contributed by atoms with Crippen LogP contribution in [0, 0.1) is 0 Å². The Morgan fingerprint density at radius 3 is 2.64 bits per heavy atom. The topological polar surface area (TPSA) is 53.2 Å². The largest absolute Gasteiger partial charge is 0.495 e. The van der Waals surface area contributed by atoms with E-state index < -0.39 is 0 Å². The van der Waals surface area contributed by atoms with Crippen molar-refractivity contribution in [1.29, 1.82) is 0 Å². The number of thiocarbonyl (C=S) groups is 1. The van der Waals surface area contributed by atoms with Gasteiger partial charge in [-0.1, -0.05) is 18.2 Å². The van der Waals surface area contributed by atoms with Gasteiger partial charge in [0.15, 0.2) is 5.11 Å². The fourth-order valence-electron chi connectivity index (χ4n) is 3.29. The maximum absolute atomic E-state index is 5.68. The monoisotopic (exact) mass is 350 g/mol. The molecule has 2 aromatic heterocycles. The van der Waals surface area contributed by atoms with Crippen LogP contribution < -0.4 is 15.0 Å². The van der Waals surface area contributed by atoms with E-state index in [9.17, 15) is 0 Å². The van der Waals surface area contributed by atoms with E-state index in [4.69, 9.17) is 17.0 Å². The highest BCUT2D eigenvalue weighted by atomic mass is 32.1. The number of ether oxygens (including phenoxy) is 1. The Hall–Kier alpha value is -2.86. The average molecular weight is 350 g/mol. The second-order valence-corrected chi connectivity index (χ2v) is 6.18. The number of nitrogens with one attached hydrogen (secondary N) is 2. The molecule has 3 aromatic rings. The van der Waals surface area contributed by atoms with Gasteiger partial charge in [-0.05, 0) is 48.6 Å². The van der Waals surface area contributed by atoms with Crippen LogP contribution in [0.1, 0.15) is 23.5 Å². The average Bonchev–Trinajstić information content (AvgIpc) is 3.30. The van der Waals surface area contributed by atoms with E-state index in [1.165, 1.54) is 0 Å². The van der Waals surface area contributed by atoms with Crippen molar-refractivity contribution in [3.05, 3.63) is 78.4 Å². The first kappa shape index (κ1) is 15.7. The molecule has 25 heavy (non-hydrogen) atoms. The maximum Gasteiger partial charge on any atom is 0.174 e. The van der Waals surface area contributed by atoms with Crippen LogP contribution >= 0.6 is 12.2 Å². The summed E-state index contributed by atoms with van der Waals surface area (Å²) in [4.78, 5) is 9.96. The van der Waals surface area contributed by atoms with Crippen LogP contribution in [0.2, 0.25) is 0 Å².